The fourth-order valence-corrected chi connectivity index (χ4v) is 3.35. The lowest BCUT2D eigenvalue weighted by Gasteiger charge is -2.35. The van der Waals surface area contributed by atoms with Crippen molar-refractivity contribution in [2.24, 2.45) is 0 Å². The van der Waals surface area contributed by atoms with Crippen LogP contribution < -0.4 is 10.6 Å². The number of nitro benzene ring substituents is 2. The minimum Gasteiger partial charge on any atom is -0.369 e. The Kier molecular flexibility index (Phi) is 5.18. The molecule has 1 heterocycles. The van der Waals surface area contributed by atoms with Crippen molar-refractivity contribution in [3.63, 3.8) is 0 Å². The second-order valence-corrected chi connectivity index (χ2v) is 6.48. The van der Waals surface area contributed by atoms with Crippen LogP contribution in [-0.2, 0) is 4.79 Å². The number of carbonyl (C=O) groups is 1. The van der Waals surface area contributed by atoms with E-state index >= 15 is 0 Å². The van der Waals surface area contributed by atoms with Crippen LogP contribution in [0.4, 0.5) is 11.4 Å². The largest absolute Gasteiger partial charge is 0.369 e. The first-order valence-corrected chi connectivity index (χ1v) is 8.51. The van der Waals surface area contributed by atoms with Crippen molar-refractivity contribution in [1.82, 2.24) is 10.6 Å². The fraction of sp³-hybridized carbons (Fsp3) is 0.211. The highest BCUT2D eigenvalue weighted by molar-refractivity contribution is 5.95. The van der Waals surface area contributed by atoms with Gasteiger partial charge in [-0.05, 0) is 25.0 Å². The zero-order valence-electron chi connectivity index (χ0n) is 15.2. The van der Waals surface area contributed by atoms with Crippen LogP contribution in [0.25, 0.3) is 0 Å². The van der Waals surface area contributed by atoms with Crippen molar-refractivity contribution < 1.29 is 14.6 Å². The number of nitrogens with one attached hydrogen (secondary N) is 2. The summed E-state index contributed by atoms with van der Waals surface area (Å²) in [5, 5.41) is 28.6. The Balaban J connectivity index is 2.05. The lowest BCUT2D eigenvalue weighted by Crippen LogP contribution is -2.43. The zero-order chi connectivity index (χ0) is 20.4. The summed E-state index contributed by atoms with van der Waals surface area (Å²) in [6, 6.07) is 11.6. The van der Waals surface area contributed by atoms with E-state index in [4.69, 9.17) is 0 Å². The monoisotopic (exact) mass is 382 g/mol. The van der Waals surface area contributed by atoms with Gasteiger partial charge in [-0.2, -0.15) is 0 Å². The van der Waals surface area contributed by atoms with E-state index < -0.39 is 22.1 Å². The number of Topliss-reactive ketones (excluding diaryl/α,β-unsaturated/α-hetero) is 1. The second kappa shape index (κ2) is 7.57. The first kappa shape index (κ1) is 19.2. The Labute approximate surface area is 160 Å². The molecule has 9 heteroatoms. The third kappa shape index (κ3) is 3.74. The predicted octanol–water partition coefficient (Wildman–Crippen LogP) is 3.30. The molecule has 2 atom stereocenters. The van der Waals surface area contributed by atoms with Crippen molar-refractivity contribution >= 4 is 17.2 Å². The van der Waals surface area contributed by atoms with Gasteiger partial charge in [0.25, 0.3) is 11.4 Å². The van der Waals surface area contributed by atoms with Gasteiger partial charge in [0.2, 0.25) is 0 Å². The number of nitrogens with zero attached hydrogens (tertiary/aromatic N) is 2. The standard InChI is InChI=1S/C19H18N4O5/c1-11-17(12(2)24)18(13-5-3-7-15(9-13)22(25)26)21-19(20-11)14-6-4-8-16(10-14)23(27)28/h3-10,18-21H,1-2H3/t18-,19+/m1/s1. The van der Waals surface area contributed by atoms with E-state index in [9.17, 15) is 25.0 Å². The summed E-state index contributed by atoms with van der Waals surface area (Å²) < 4.78 is 0. The SMILES string of the molecule is CC(=O)C1=C(C)N[C@H](c2cccc([N+](=O)[O-])c2)N[C@@H]1c1cccc([N+](=O)[O-])c1. The maximum absolute atomic E-state index is 12.2. The summed E-state index contributed by atoms with van der Waals surface area (Å²) in [6.45, 7) is 3.17. The molecule has 1 aliphatic heterocycles. The second-order valence-electron chi connectivity index (χ2n) is 6.48. The molecule has 1 aliphatic rings. The summed E-state index contributed by atoms with van der Waals surface area (Å²) in [7, 11) is 0. The summed E-state index contributed by atoms with van der Waals surface area (Å²) in [5.74, 6) is -0.175. The molecule has 0 amide bonds. The highest BCUT2D eigenvalue weighted by atomic mass is 16.6. The Morgan fingerprint density at radius 2 is 1.50 bits per heavy atom. The van der Waals surface area contributed by atoms with Crippen LogP contribution >= 0.6 is 0 Å². The van der Waals surface area contributed by atoms with Gasteiger partial charge >= 0.3 is 0 Å². The van der Waals surface area contributed by atoms with Gasteiger partial charge in [0.1, 0.15) is 6.17 Å². The molecule has 0 radical (unpaired) electrons. The molecule has 144 valence electrons. The zero-order valence-corrected chi connectivity index (χ0v) is 15.2. The van der Waals surface area contributed by atoms with E-state index in [-0.39, 0.29) is 17.2 Å². The summed E-state index contributed by atoms with van der Waals surface area (Å²) in [6.07, 6.45) is -0.507. The topological polar surface area (TPSA) is 127 Å². The van der Waals surface area contributed by atoms with E-state index in [1.807, 2.05) is 0 Å². The van der Waals surface area contributed by atoms with Gasteiger partial charge in [0.15, 0.2) is 5.78 Å². The minimum atomic E-state index is -0.595. The van der Waals surface area contributed by atoms with Gasteiger partial charge in [-0.1, -0.05) is 24.3 Å². The van der Waals surface area contributed by atoms with Crippen LogP contribution in [0.2, 0.25) is 0 Å². The van der Waals surface area contributed by atoms with Crippen LogP contribution in [0.5, 0.6) is 0 Å². The molecule has 0 bridgehead atoms. The molecule has 0 fully saturated rings. The summed E-state index contributed by atoms with van der Waals surface area (Å²) >= 11 is 0. The van der Waals surface area contributed by atoms with Crippen LogP contribution in [0.1, 0.15) is 37.2 Å². The summed E-state index contributed by atoms with van der Waals surface area (Å²) in [5.41, 5.74) is 2.13. The van der Waals surface area contributed by atoms with E-state index in [2.05, 4.69) is 10.6 Å². The van der Waals surface area contributed by atoms with E-state index in [0.717, 1.165) is 0 Å². The molecule has 2 aromatic rings. The Bertz CT molecular complexity index is 1000. The molecular weight excluding hydrogens is 364 g/mol. The van der Waals surface area contributed by atoms with Crippen molar-refractivity contribution in [3.05, 3.63) is 91.2 Å². The Morgan fingerprint density at radius 1 is 0.964 bits per heavy atom. The Morgan fingerprint density at radius 3 is 2.04 bits per heavy atom. The number of allylic oxidation sites excluding steroid dienone is 1. The molecule has 0 spiro atoms. The van der Waals surface area contributed by atoms with Gasteiger partial charge in [-0.25, -0.2) is 0 Å². The smallest absolute Gasteiger partial charge is 0.269 e. The third-order valence-corrected chi connectivity index (χ3v) is 4.59. The highest BCUT2D eigenvalue weighted by Crippen LogP contribution is 2.33. The molecule has 2 N–H and O–H groups in total. The van der Waals surface area contributed by atoms with E-state index in [1.165, 1.54) is 31.2 Å². The number of rotatable bonds is 5. The van der Waals surface area contributed by atoms with Gasteiger partial charge in [-0.15, -0.1) is 0 Å². The molecule has 9 nitrogen and oxygen atoms in total. The van der Waals surface area contributed by atoms with E-state index in [0.29, 0.717) is 22.4 Å². The van der Waals surface area contributed by atoms with Crippen molar-refractivity contribution in [2.45, 2.75) is 26.1 Å². The number of benzene rings is 2. The molecule has 0 unspecified atom stereocenters. The lowest BCUT2D eigenvalue weighted by atomic mass is 9.91. The Hall–Kier alpha value is -3.59. The van der Waals surface area contributed by atoms with Crippen LogP contribution in [-0.4, -0.2) is 15.6 Å². The maximum Gasteiger partial charge on any atom is 0.269 e. The van der Waals surface area contributed by atoms with Crippen molar-refractivity contribution in [2.75, 3.05) is 0 Å². The lowest BCUT2D eigenvalue weighted by molar-refractivity contribution is -0.385. The average molecular weight is 382 g/mol. The minimum absolute atomic E-state index is 0.0491. The molecule has 2 aromatic carbocycles. The fourth-order valence-electron chi connectivity index (χ4n) is 3.35. The van der Waals surface area contributed by atoms with Gasteiger partial charge < -0.3 is 5.32 Å². The maximum atomic E-state index is 12.2. The molecule has 0 aliphatic carbocycles. The third-order valence-electron chi connectivity index (χ3n) is 4.59. The van der Waals surface area contributed by atoms with Crippen molar-refractivity contribution in [1.29, 1.82) is 0 Å². The molecule has 0 saturated carbocycles. The average Bonchev–Trinajstić information content (AvgIpc) is 2.67. The molecular formula is C19H18N4O5. The number of hydrogen-bond acceptors (Lipinski definition) is 7. The van der Waals surface area contributed by atoms with Crippen LogP contribution in [0.3, 0.4) is 0 Å². The van der Waals surface area contributed by atoms with Crippen molar-refractivity contribution in [3.8, 4) is 0 Å². The van der Waals surface area contributed by atoms with Gasteiger partial charge in [0.05, 0.1) is 15.9 Å². The number of ketones is 1. The van der Waals surface area contributed by atoms with Crippen LogP contribution in [0, 0.1) is 20.2 Å². The van der Waals surface area contributed by atoms with Gasteiger partial charge in [-0.3, -0.25) is 30.3 Å². The molecule has 28 heavy (non-hydrogen) atoms. The normalized spacial score (nSPS) is 19.1. The number of hydrogen-bond donors (Lipinski definition) is 2. The molecule has 0 saturated heterocycles. The molecule has 0 aromatic heterocycles. The van der Waals surface area contributed by atoms with Gasteiger partial charge in [0, 0.05) is 35.5 Å². The highest BCUT2D eigenvalue weighted by Gasteiger charge is 2.32. The van der Waals surface area contributed by atoms with E-state index in [1.54, 1.807) is 31.2 Å². The molecule has 3 rings (SSSR count). The first-order chi connectivity index (χ1) is 13.3. The number of carbonyl (C=O) groups excluding carboxylic acids is 1. The first-order valence-electron chi connectivity index (χ1n) is 8.51. The van der Waals surface area contributed by atoms with Crippen LogP contribution in [0.15, 0.2) is 59.8 Å². The number of nitro groups is 2. The number of non-ortho nitro benzene ring substituents is 2. The summed E-state index contributed by atoms with van der Waals surface area (Å²) in [4.78, 5) is 33.5. The quantitative estimate of drug-likeness (QED) is 0.600. The predicted molar refractivity (Wildman–Crippen MR) is 101 cm³/mol.